The maximum atomic E-state index is 5.79. The highest BCUT2D eigenvalue weighted by atomic mass is 32.1. The van der Waals surface area contributed by atoms with Crippen LogP contribution in [0.5, 0.6) is 0 Å². The number of thiazole rings is 1. The normalized spacial score (nSPS) is 22.4. The molecule has 0 aliphatic carbocycles. The fourth-order valence-corrected chi connectivity index (χ4v) is 2.87. The van der Waals surface area contributed by atoms with Crippen LogP contribution in [0.1, 0.15) is 23.9 Å². The highest BCUT2D eigenvalue weighted by molar-refractivity contribution is 7.15. The minimum absolute atomic E-state index is 0.154. The Morgan fingerprint density at radius 2 is 2.50 bits per heavy atom. The van der Waals surface area contributed by atoms with E-state index < -0.39 is 0 Å². The largest absolute Gasteiger partial charge is 0.370 e. The van der Waals surface area contributed by atoms with Crippen molar-refractivity contribution < 1.29 is 4.74 Å². The second-order valence-electron chi connectivity index (χ2n) is 4.09. The molecule has 3 heterocycles. The van der Waals surface area contributed by atoms with Gasteiger partial charge in [-0.15, -0.1) is 11.3 Å². The Hall–Kier alpha value is -0.910. The summed E-state index contributed by atoms with van der Waals surface area (Å²) in [5, 5.41) is 5.46. The third kappa shape index (κ3) is 1.75. The highest BCUT2D eigenvalue weighted by Gasteiger charge is 2.18. The lowest BCUT2D eigenvalue weighted by molar-refractivity contribution is 0.0617. The van der Waals surface area contributed by atoms with Crippen LogP contribution in [0.25, 0.3) is 4.96 Å². The van der Waals surface area contributed by atoms with Gasteiger partial charge in [-0.05, 0) is 19.9 Å². The molecule has 0 saturated carbocycles. The molecule has 1 saturated heterocycles. The molecule has 1 aliphatic heterocycles. The van der Waals surface area contributed by atoms with E-state index in [0.29, 0.717) is 0 Å². The highest BCUT2D eigenvalue weighted by Crippen LogP contribution is 2.24. The number of aryl methyl sites for hydroxylation is 1. The topological polar surface area (TPSA) is 38.6 Å². The summed E-state index contributed by atoms with van der Waals surface area (Å²) in [4.78, 5) is 5.69. The Bertz CT molecular complexity index is 482. The minimum atomic E-state index is 0.154. The fourth-order valence-electron chi connectivity index (χ4n) is 2.01. The predicted octanol–water partition coefficient (Wildman–Crippen LogP) is 1.76. The van der Waals surface area contributed by atoms with Crippen molar-refractivity contribution in [3.63, 3.8) is 0 Å². The Kier molecular flexibility index (Phi) is 2.67. The van der Waals surface area contributed by atoms with Gasteiger partial charge >= 0.3 is 0 Å². The van der Waals surface area contributed by atoms with E-state index in [1.807, 2.05) is 0 Å². The monoisotopic (exact) mass is 237 g/mol. The summed E-state index contributed by atoms with van der Waals surface area (Å²) in [6.07, 6.45) is 3.27. The van der Waals surface area contributed by atoms with Crippen molar-refractivity contribution in [2.24, 2.45) is 0 Å². The first-order valence-electron chi connectivity index (χ1n) is 5.60. The zero-order valence-corrected chi connectivity index (χ0v) is 10.1. The summed E-state index contributed by atoms with van der Waals surface area (Å²) >= 11 is 1.68. The SMILES string of the molecule is Cc1csc2nc(C3CCNCCO3)cn12. The quantitative estimate of drug-likeness (QED) is 0.821. The van der Waals surface area contributed by atoms with Gasteiger partial charge in [0.15, 0.2) is 4.96 Å². The lowest BCUT2D eigenvalue weighted by Crippen LogP contribution is -2.16. The molecule has 0 radical (unpaired) electrons. The molecule has 0 bridgehead atoms. The lowest BCUT2D eigenvalue weighted by Gasteiger charge is -2.10. The molecule has 86 valence electrons. The molecule has 2 aromatic rings. The van der Waals surface area contributed by atoms with Gasteiger partial charge in [0.05, 0.1) is 12.3 Å². The van der Waals surface area contributed by atoms with Crippen LogP contribution in [-0.4, -0.2) is 29.1 Å². The van der Waals surface area contributed by atoms with E-state index in [1.165, 1.54) is 5.69 Å². The molecule has 2 aromatic heterocycles. The molecular formula is C11H15N3OS. The van der Waals surface area contributed by atoms with Gasteiger partial charge in [-0.2, -0.15) is 0 Å². The Labute approximate surface area is 98.3 Å². The molecule has 4 nitrogen and oxygen atoms in total. The Morgan fingerprint density at radius 1 is 1.56 bits per heavy atom. The Morgan fingerprint density at radius 3 is 3.38 bits per heavy atom. The maximum absolute atomic E-state index is 5.79. The number of aromatic nitrogens is 2. The molecule has 1 N–H and O–H groups in total. The zero-order chi connectivity index (χ0) is 11.0. The third-order valence-electron chi connectivity index (χ3n) is 2.92. The molecule has 3 rings (SSSR count). The van der Waals surface area contributed by atoms with Crippen LogP contribution >= 0.6 is 11.3 Å². The van der Waals surface area contributed by atoms with Gasteiger partial charge in [0.1, 0.15) is 6.10 Å². The van der Waals surface area contributed by atoms with E-state index >= 15 is 0 Å². The van der Waals surface area contributed by atoms with Crippen molar-refractivity contribution in [2.75, 3.05) is 19.7 Å². The Balaban J connectivity index is 1.92. The van der Waals surface area contributed by atoms with E-state index in [-0.39, 0.29) is 6.10 Å². The third-order valence-corrected chi connectivity index (χ3v) is 3.88. The first-order valence-corrected chi connectivity index (χ1v) is 6.48. The van der Waals surface area contributed by atoms with Crippen molar-refractivity contribution in [3.8, 4) is 0 Å². The molecule has 16 heavy (non-hydrogen) atoms. The number of hydrogen-bond acceptors (Lipinski definition) is 4. The average Bonchev–Trinajstić information content (AvgIpc) is 2.72. The molecule has 1 aliphatic rings. The number of nitrogens with one attached hydrogen (secondary N) is 1. The molecule has 0 amide bonds. The van der Waals surface area contributed by atoms with Crippen molar-refractivity contribution >= 4 is 16.3 Å². The lowest BCUT2D eigenvalue weighted by atomic mass is 10.2. The van der Waals surface area contributed by atoms with Crippen LogP contribution in [0.15, 0.2) is 11.6 Å². The van der Waals surface area contributed by atoms with Crippen LogP contribution in [0.2, 0.25) is 0 Å². The number of rotatable bonds is 1. The van der Waals surface area contributed by atoms with Crippen LogP contribution in [0.3, 0.4) is 0 Å². The van der Waals surface area contributed by atoms with Gasteiger partial charge in [-0.1, -0.05) is 0 Å². The van der Waals surface area contributed by atoms with Crippen molar-refractivity contribution in [3.05, 3.63) is 23.0 Å². The van der Waals surface area contributed by atoms with Gasteiger partial charge in [-0.25, -0.2) is 4.98 Å². The van der Waals surface area contributed by atoms with Crippen molar-refractivity contribution in [2.45, 2.75) is 19.4 Å². The van der Waals surface area contributed by atoms with Gasteiger partial charge in [0, 0.05) is 23.8 Å². The van der Waals surface area contributed by atoms with Crippen LogP contribution in [0, 0.1) is 6.92 Å². The number of nitrogens with zero attached hydrogens (tertiary/aromatic N) is 2. The second-order valence-corrected chi connectivity index (χ2v) is 4.93. The van der Waals surface area contributed by atoms with E-state index in [2.05, 4.69) is 33.2 Å². The van der Waals surface area contributed by atoms with Crippen LogP contribution < -0.4 is 5.32 Å². The predicted molar refractivity (Wildman–Crippen MR) is 64.0 cm³/mol. The standard InChI is InChI=1S/C11H15N3OS/c1-8-7-16-11-13-9(6-14(8)11)10-2-3-12-4-5-15-10/h6-7,10,12H,2-5H2,1H3. The summed E-state index contributed by atoms with van der Waals surface area (Å²) < 4.78 is 7.93. The van der Waals surface area contributed by atoms with Gasteiger partial charge < -0.3 is 10.1 Å². The van der Waals surface area contributed by atoms with Crippen LogP contribution in [-0.2, 0) is 4.74 Å². The number of fused-ring (bicyclic) bond motifs is 1. The van der Waals surface area contributed by atoms with Gasteiger partial charge in [0.25, 0.3) is 0 Å². The zero-order valence-electron chi connectivity index (χ0n) is 9.27. The summed E-state index contributed by atoms with van der Waals surface area (Å²) in [7, 11) is 0. The van der Waals surface area contributed by atoms with Gasteiger partial charge in [0.2, 0.25) is 0 Å². The first kappa shape index (κ1) is 10.3. The van der Waals surface area contributed by atoms with E-state index in [0.717, 1.165) is 36.8 Å². The first-order chi connectivity index (χ1) is 7.84. The summed E-state index contributed by atoms with van der Waals surface area (Å²) in [6, 6.07) is 0. The van der Waals surface area contributed by atoms with E-state index in [4.69, 9.17) is 4.74 Å². The van der Waals surface area contributed by atoms with Gasteiger partial charge in [-0.3, -0.25) is 4.40 Å². The maximum Gasteiger partial charge on any atom is 0.194 e. The minimum Gasteiger partial charge on any atom is -0.370 e. The second kappa shape index (κ2) is 4.16. The van der Waals surface area contributed by atoms with Crippen LogP contribution in [0.4, 0.5) is 0 Å². The molecule has 0 aromatic carbocycles. The molecule has 1 atom stereocenters. The number of ether oxygens (including phenoxy) is 1. The summed E-state index contributed by atoms with van der Waals surface area (Å²) in [5.41, 5.74) is 2.31. The molecule has 1 fully saturated rings. The summed E-state index contributed by atoms with van der Waals surface area (Å²) in [5.74, 6) is 0. The number of imidazole rings is 1. The summed E-state index contributed by atoms with van der Waals surface area (Å²) in [6.45, 7) is 4.83. The average molecular weight is 237 g/mol. The molecule has 1 unspecified atom stereocenters. The molecule has 0 spiro atoms. The van der Waals surface area contributed by atoms with E-state index in [9.17, 15) is 0 Å². The van der Waals surface area contributed by atoms with E-state index in [1.54, 1.807) is 11.3 Å². The molecular weight excluding hydrogens is 222 g/mol. The smallest absolute Gasteiger partial charge is 0.194 e. The molecule has 5 heteroatoms. The fraction of sp³-hybridized carbons (Fsp3) is 0.545. The number of hydrogen-bond donors (Lipinski definition) is 1. The van der Waals surface area contributed by atoms with Crippen molar-refractivity contribution in [1.82, 2.24) is 14.7 Å². The van der Waals surface area contributed by atoms with Crippen molar-refractivity contribution in [1.29, 1.82) is 0 Å².